The lowest BCUT2D eigenvalue weighted by Gasteiger charge is -2.43. The van der Waals surface area contributed by atoms with E-state index in [4.69, 9.17) is 4.43 Å². The number of aliphatic hydroxyl groups excluding tert-OH is 1. The molecular weight excluding hydrogens is 264 g/mol. The van der Waals surface area contributed by atoms with Crippen molar-refractivity contribution in [3.8, 4) is 0 Å². The van der Waals surface area contributed by atoms with Crippen LogP contribution in [0.15, 0.2) is 12.7 Å². The third kappa shape index (κ3) is 5.34. The molecule has 0 bridgehead atoms. The summed E-state index contributed by atoms with van der Waals surface area (Å²) >= 11 is 0. The minimum Gasteiger partial charge on any atom is -0.413 e. The second-order valence-corrected chi connectivity index (χ2v) is 12.4. The molecule has 0 spiro atoms. The van der Waals surface area contributed by atoms with Gasteiger partial charge < -0.3 is 9.53 Å². The van der Waals surface area contributed by atoms with E-state index in [2.05, 4.69) is 61.2 Å². The molecule has 0 unspecified atom stereocenters. The van der Waals surface area contributed by atoms with Crippen LogP contribution in [0.3, 0.4) is 0 Å². The van der Waals surface area contributed by atoms with Gasteiger partial charge in [-0.05, 0) is 30.5 Å². The molecule has 0 fully saturated rings. The van der Waals surface area contributed by atoms with E-state index in [9.17, 15) is 5.11 Å². The zero-order chi connectivity index (χ0) is 16.1. The van der Waals surface area contributed by atoms with Gasteiger partial charge in [-0.15, -0.1) is 6.58 Å². The maximum atomic E-state index is 10.3. The molecule has 0 saturated carbocycles. The molecule has 0 radical (unpaired) electrons. The average molecular weight is 301 g/mol. The van der Waals surface area contributed by atoms with E-state index in [-0.39, 0.29) is 23.2 Å². The SMILES string of the molecule is C=CC[C@H](O)[C@H](C)[C@@H](O[Si](C)(C)C(C)(C)C)[C@@H](C)CC. The highest BCUT2D eigenvalue weighted by molar-refractivity contribution is 6.74. The summed E-state index contributed by atoms with van der Waals surface area (Å²) in [5.74, 6) is 0.593. The third-order valence-electron chi connectivity index (χ3n) is 4.97. The fourth-order valence-electron chi connectivity index (χ4n) is 2.10. The molecule has 0 rings (SSSR count). The highest BCUT2D eigenvalue weighted by Crippen LogP contribution is 2.40. The molecule has 0 aliphatic heterocycles. The second kappa shape index (κ2) is 7.76. The van der Waals surface area contributed by atoms with Crippen LogP contribution in [0, 0.1) is 11.8 Å². The summed E-state index contributed by atoms with van der Waals surface area (Å²) in [6, 6.07) is 0. The lowest BCUT2D eigenvalue weighted by molar-refractivity contribution is 0.00202. The molecule has 0 aromatic carbocycles. The van der Waals surface area contributed by atoms with Crippen molar-refractivity contribution in [2.45, 2.75) is 84.7 Å². The molecule has 0 amide bonds. The second-order valence-electron chi connectivity index (χ2n) is 7.68. The molecule has 0 saturated heterocycles. The highest BCUT2D eigenvalue weighted by atomic mass is 28.4. The predicted molar refractivity (Wildman–Crippen MR) is 91.5 cm³/mol. The highest BCUT2D eigenvalue weighted by Gasteiger charge is 2.42. The van der Waals surface area contributed by atoms with Crippen molar-refractivity contribution in [3.05, 3.63) is 12.7 Å². The average Bonchev–Trinajstić information content (AvgIpc) is 2.33. The van der Waals surface area contributed by atoms with Gasteiger partial charge in [-0.2, -0.15) is 0 Å². The fourth-order valence-corrected chi connectivity index (χ4v) is 3.58. The smallest absolute Gasteiger partial charge is 0.192 e. The van der Waals surface area contributed by atoms with Crippen LogP contribution >= 0.6 is 0 Å². The van der Waals surface area contributed by atoms with Gasteiger partial charge in [0, 0.05) is 5.92 Å². The maximum Gasteiger partial charge on any atom is 0.192 e. The monoisotopic (exact) mass is 300 g/mol. The van der Waals surface area contributed by atoms with Gasteiger partial charge in [0.2, 0.25) is 0 Å². The molecular formula is C17H36O2Si. The molecule has 0 aliphatic rings. The van der Waals surface area contributed by atoms with Crippen LogP contribution in [0.4, 0.5) is 0 Å². The van der Waals surface area contributed by atoms with Crippen molar-refractivity contribution in [3.63, 3.8) is 0 Å². The Morgan fingerprint density at radius 2 is 1.75 bits per heavy atom. The van der Waals surface area contributed by atoms with E-state index in [1.165, 1.54) is 0 Å². The Bertz CT molecular complexity index is 294. The molecule has 0 aromatic rings. The Morgan fingerprint density at radius 3 is 2.10 bits per heavy atom. The van der Waals surface area contributed by atoms with Crippen LogP contribution < -0.4 is 0 Å². The number of hydrogen-bond donors (Lipinski definition) is 1. The van der Waals surface area contributed by atoms with Crippen LogP contribution in [-0.2, 0) is 4.43 Å². The van der Waals surface area contributed by atoms with Crippen molar-refractivity contribution in [1.29, 1.82) is 0 Å². The lowest BCUT2D eigenvalue weighted by atomic mass is 9.87. The Hall–Kier alpha value is -0.123. The van der Waals surface area contributed by atoms with Crippen LogP contribution in [0.2, 0.25) is 18.1 Å². The number of aliphatic hydroxyl groups is 1. The van der Waals surface area contributed by atoms with Crippen molar-refractivity contribution in [2.75, 3.05) is 0 Å². The third-order valence-corrected chi connectivity index (χ3v) is 9.45. The Morgan fingerprint density at radius 1 is 1.25 bits per heavy atom. The number of hydrogen-bond acceptors (Lipinski definition) is 2. The van der Waals surface area contributed by atoms with Gasteiger partial charge >= 0.3 is 0 Å². The summed E-state index contributed by atoms with van der Waals surface area (Å²) in [6.07, 6.45) is 3.26. The zero-order valence-electron chi connectivity index (χ0n) is 14.9. The van der Waals surface area contributed by atoms with E-state index in [1.54, 1.807) is 6.08 Å². The quantitative estimate of drug-likeness (QED) is 0.505. The summed E-state index contributed by atoms with van der Waals surface area (Å²) < 4.78 is 6.63. The minimum absolute atomic E-state index is 0.121. The van der Waals surface area contributed by atoms with Crippen LogP contribution in [-0.4, -0.2) is 25.6 Å². The van der Waals surface area contributed by atoms with Gasteiger partial charge in [0.05, 0.1) is 12.2 Å². The summed E-state index contributed by atoms with van der Waals surface area (Å²) in [4.78, 5) is 0. The minimum atomic E-state index is -1.82. The van der Waals surface area contributed by atoms with Gasteiger partial charge in [-0.3, -0.25) is 0 Å². The van der Waals surface area contributed by atoms with Crippen LogP contribution in [0.1, 0.15) is 54.4 Å². The van der Waals surface area contributed by atoms with Crippen molar-refractivity contribution >= 4 is 8.32 Å². The van der Waals surface area contributed by atoms with E-state index >= 15 is 0 Å². The van der Waals surface area contributed by atoms with Crippen molar-refractivity contribution in [2.24, 2.45) is 11.8 Å². The largest absolute Gasteiger partial charge is 0.413 e. The predicted octanol–water partition coefficient (Wildman–Crippen LogP) is 5.00. The van der Waals surface area contributed by atoms with E-state index in [1.807, 2.05) is 0 Å². The van der Waals surface area contributed by atoms with Crippen molar-refractivity contribution in [1.82, 2.24) is 0 Å². The summed E-state index contributed by atoms with van der Waals surface area (Å²) in [5, 5.41) is 10.5. The van der Waals surface area contributed by atoms with Crippen LogP contribution in [0.25, 0.3) is 0 Å². The molecule has 20 heavy (non-hydrogen) atoms. The molecule has 3 heteroatoms. The first-order valence-corrected chi connectivity index (χ1v) is 10.9. The van der Waals surface area contributed by atoms with E-state index in [0.717, 1.165) is 6.42 Å². The fraction of sp³-hybridized carbons (Fsp3) is 0.882. The summed E-state index contributed by atoms with van der Waals surface area (Å²) in [6.45, 7) is 21.6. The maximum absolute atomic E-state index is 10.3. The molecule has 1 N–H and O–H groups in total. The molecule has 4 atom stereocenters. The number of rotatable bonds is 8. The lowest BCUT2D eigenvalue weighted by Crippen LogP contribution is -2.49. The van der Waals surface area contributed by atoms with Gasteiger partial charge in [-0.25, -0.2) is 0 Å². The first kappa shape index (κ1) is 19.9. The van der Waals surface area contributed by atoms with Crippen LogP contribution in [0.5, 0.6) is 0 Å². The Balaban J connectivity index is 5.13. The van der Waals surface area contributed by atoms with E-state index < -0.39 is 8.32 Å². The van der Waals surface area contributed by atoms with Gasteiger partial charge in [-0.1, -0.05) is 54.0 Å². The topological polar surface area (TPSA) is 29.5 Å². The van der Waals surface area contributed by atoms with Crippen molar-refractivity contribution < 1.29 is 9.53 Å². The Kier molecular flexibility index (Phi) is 7.72. The Labute approximate surface area is 127 Å². The first-order chi connectivity index (χ1) is 8.97. The van der Waals surface area contributed by atoms with Gasteiger partial charge in [0.1, 0.15) is 0 Å². The summed E-state index contributed by atoms with van der Waals surface area (Å²) in [5.41, 5.74) is 0. The normalized spacial score (nSPS) is 19.2. The molecule has 120 valence electrons. The molecule has 2 nitrogen and oxygen atoms in total. The van der Waals surface area contributed by atoms with E-state index in [0.29, 0.717) is 12.3 Å². The van der Waals surface area contributed by atoms with Gasteiger partial charge in [0.15, 0.2) is 8.32 Å². The molecule has 0 heterocycles. The zero-order valence-corrected chi connectivity index (χ0v) is 15.9. The summed E-state index contributed by atoms with van der Waals surface area (Å²) in [7, 11) is -1.82. The standard InChI is InChI=1S/C17H36O2Si/c1-10-12-15(18)14(4)16(13(3)11-2)19-20(8,9)17(5,6)7/h10,13-16,18H,1,11-12H2,2-9H3/t13-,14-,15-,16-/m0/s1. The molecule has 0 aliphatic carbocycles. The first-order valence-electron chi connectivity index (χ1n) is 7.94. The van der Waals surface area contributed by atoms with Gasteiger partial charge in [0.25, 0.3) is 0 Å². The molecule has 0 aromatic heterocycles.